The number of oxazole rings is 1. The smallest absolute Gasteiger partial charge is 0.229 e. The predicted octanol–water partition coefficient (Wildman–Crippen LogP) is 4.09. The van der Waals surface area contributed by atoms with Crippen LogP contribution in [0, 0.1) is 18.3 Å². The lowest BCUT2D eigenvalue weighted by Gasteiger charge is -2.20. The molecular weight excluding hydrogens is 432 g/mol. The van der Waals surface area contributed by atoms with Gasteiger partial charge in [-0.3, -0.25) is 9.78 Å². The lowest BCUT2D eigenvalue weighted by molar-refractivity contribution is -0.117. The second-order valence-corrected chi connectivity index (χ2v) is 10.0. The Kier molecular flexibility index (Phi) is 4.03. The maximum absolute atomic E-state index is 12.6. The van der Waals surface area contributed by atoms with Crippen molar-refractivity contribution in [3.05, 3.63) is 47.9 Å². The van der Waals surface area contributed by atoms with Crippen LogP contribution in [-0.4, -0.2) is 39.2 Å². The number of anilines is 1. The van der Waals surface area contributed by atoms with E-state index in [4.69, 9.17) is 14.1 Å². The van der Waals surface area contributed by atoms with Gasteiger partial charge in [-0.05, 0) is 55.4 Å². The Morgan fingerprint density at radius 2 is 2.03 bits per heavy atom. The topological polar surface area (TPSA) is 110 Å². The number of carbonyl (C=O) groups excluding carboxylic acids is 1. The molecule has 2 aliphatic carbocycles. The van der Waals surface area contributed by atoms with Crippen LogP contribution in [0.3, 0.4) is 0 Å². The molecule has 1 aromatic carbocycles. The Morgan fingerprint density at radius 3 is 2.79 bits per heavy atom. The maximum Gasteiger partial charge on any atom is 0.229 e. The maximum atomic E-state index is 12.6. The van der Waals surface area contributed by atoms with Gasteiger partial charge in [0, 0.05) is 47.8 Å². The molecule has 0 bridgehead atoms. The van der Waals surface area contributed by atoms with Crippen LogP contribution < -0.4 is 5.32 Å². The summed E-state index contributed by atoms with van der Waals surface area (Å²) in [5, 5.41) is 15.6. The number of aryl methyl sites for hydroxylation is 1. The summed E-state index contributed by atoms with van der Waals surface area (Å²) in [6.45, 7) is 2.74. The fraction of sp³-hybridized carbons (Fsp3) is 0.385. The first kappa shape index (κ1) is 20.1. The van der Waals surface area contributed by atoms with Gasteiger partial charge in [0.25, 0.3) is 0 Å². The monoisotopic (exact) mass is 456 g/mol. The molecule has 172 valence electrons. The van der Waals surface area contributed by atoms with E-state index < -0.39 is 5.60 Å². The minimum atomic E-state index is -0.995. The zero-order valence-corrected chi connectivity index (χ0v) is 18.8. The number of hydrogen-bond donors (Lipinski definition) is 2. The highest BCUT2D eigenvalue weighted by molar-refractivity contribution is 6.00. The second kappa shape index (κ2) is 6.84. The van der Waals surface area contributed by atoms with Crippen molar-refractivity contribution in [3.8, 4) is 11.5 Å². The number of aromatic nitrogens is 3. The molecule has 8 nitrogen and oxygen atoms in total. The first-order valence-corrected chi connectivity index (χ1v) is 11.7. The summed E-state index contributed by atoms with van der Waals surface area (Å²) < 4.78 is 11.5. The number of nitrogens with zero attached hydrogens (tertiary/aromatic N) is 3. The largest absolute Gasteiger partial charge is 0.436 e. The summed E-state index contributed by atoms with van der Waals surface area (Å²) >= 11 is 0. The quantitative estimate of drug-likeness (QED) is 0.476. The van der Waals surface area contributed by atoms with Gasteiger partial charge in [-0.1, -0.05) is 6.07 Å². The van der Waals surface area contributed by atoms with Crippen LogP contribution in [0.25, 0.3) is 33.3 Å². The number of hydrogen-bond acceptors (Lipinski definition) is 7. The van der Waals surface area contributed by atoms with Crippen LogP contribution in [0.5, 0.6) is 0 Å². The zero-order chi connectivity index (χ0) is 23.1. The molecule has 7 rings (SSSR count). The standard InChI is InChI=1S/C26H24N4O4/c1-14-17-11-28-22(30-23(31)19-10-25(19)4-5-25)9-16(17)18(12-27-14)24-29-20-8-15(2-3-21(20)34-24)26(32)6-7-33-13-26/h2-3,8-9,11-12,19,32H,4-7,10,13H2,1H3,(H,28,30,31)/t19-,26-/m1/s1. The molecule has 1 saturated heterocycles. The third-order valence-electron chi connectivity index (χ3n) is 7.78. The summed E-state index contributed by atoms with van der Waals surface area (Å²) in [5.41, 5.74) is 2.92. The number of ether oxygens (including phenoxy) is 1. The van der Waals surface area contributed by atoms with E-state index in [9.17, 15) is 9.90 Å². The first-order chi connectivity index (χ1) is 16.4. The molecule has 1 amide bonds. The van der Waals surface area contributed by atoms with Gasteiger partial charge < -0.3 is 19.6 Å². The lowest BCUT2D eigenvalue weighted by Crippen LogP contribution is -2.25. The van der Waals surface area contributed by atoms with Gasteiger partial charge >= 0.3 is 0 Å². The van der Waals surface area contributed by atoms with E-state index in [0.717, 1.165) is 46.9 Å². The minimum Gasteiger partial charge on any atom is -0.436 e. The third kappa shape index (κ3) is 3.05. The van der Waals surface area contributed by atoms with Crippen molar-refractivity contribution in [2.24, 2.45) is 11.3 Å². The van der Waals surface area contributed by atoms with Gasteiger partial charge in [-0.25, -0.2) is 9.97 Å². The number of amides is 1. The average Bonchev–Trinajstić information content (AvgIpc) is 3.65. The molecule has 3 aromatic heterocycles. The molecule has 2 saturated carbocycles. The van der Waals surface area contributed by atoms with Crippen molar-refractivity contribution in [1.82, 2.24) is 15.0 Å². The molecule has 4 aromatic rings. The zero-order valence-electron chi connectivity index (χ0n) is 18.8. The van der Waals surface area contributed by atoms with Gasteiger partial charge in [0.2, 0.25) is 11.8 Å². The number of benzene rings is 1. The van der Waals surface area contributed by atoms with Crippen LogP contribution >= 0.6 is 0 Å². The van der Waals surface area contributed by atoms with Gasteiger partial charge in [0.05, 0.1) is 12.2 Å². The number of fused-ring (bicyclic) bond motifs is 2. The number of carbonyl (C=O) groups is 1. The van der Waals surface area contributed by atoms with Gasteiger partial charge in [-0.15, -0.1) is 0 Å². The Balaban J connectivity index is 1.27. The van der Waals surface area contributed by atoms with Crippen molar-refractivity contribution in [2.45, 2.75) is 38.2 Å². The number of aliphatic hydroxyl groups is 1. The van der Waals surface area contributed by atoms with E-state index in [-0.39, 0.29) is 18.4 Å². The van der Waals surface area contributed by atoms with E-state index in [1.54, 1.807) is 12.4 Å². The fourth-order valence-corrected chi connectivity index (χ4v) is 5.26. The first-order valence-electron chi connectivity index (χ1n) is 11.7. The Bertz CT molecular complexity index is 1480. The van der Waals surface area contributed by atoms with Gasteiger partial charge in [0.15, 0.2) is 5.58 Å². The average molecular weight is 457 g/mol. The Hall–Kier alpha value is -3.36. The number of rotatable bonds is 4. The van der Waals surface area contributed by atoms with Crippen LogP contribution in [0.4, 0.5) is 5.82 Å². The minimum absolute atomic E-state index is 0.0555. The van der Waals surface area contributed by atoms with E-state index >= 15 is 0 Å². The second-order valence-electron chi connectivity index (χ2n) is 10.0. The number of nitrogens with one attached hydrogen (secondary N) is 1. The highest BCUT2D eigenvalue weighted by atomic mass is 16.5. The van der Waals surface area contributed by atoms with Crippen molar-refractivity contribution in [1.29, 1.82) is 0 Å². The molecule has 0 unspecified atom stereocenters. The molecular formula is C26H24N4O4. The van der Waals surface area contributed by atoms with Crippen molar-refractivity contribution in [2.75, 3.05) is 18.5 Å². The Morgan fingerprint density at radius 1 is 1.15 bits per heavy atom. The number of pyridine rings is 2. The molecule has 4 heterocycles. The molecule has 3 fully saturated rings. The molecule has 1 aliphatic heterocycles. The molecule has 3 aliphatic rings. The van der Waals surface area contributed by atoms with Crippen molar-refractivity contribution in [3.63, 3.8) is 0 Å². The highest BCUT2D eigenvalue weighted by Gasteiger charge is 2.65. The fourth-order valence-electron chi connectivity index (χ4n) is 5.26. The lowest BCUT2D eigenvalue weighted by atomic mass is 9.93. The SMILES string of the molecule is Cc1ncc(-c2nc3cc([C@@]4(O)CCOC4)ccc3o2)c2cc(NC(=O)[C@H]3CC34CC4)ncc12. The van der Waals surface area contributed by atoms with Crippen molar-refractivity contribution >= 4 is 33.6 Å². The van der Waals surface area contributed by atoms with Crippen LogP contribution in [0.2, 0.25) is 0 Å². The molecule has 8 heteroatoms. The van der Waals surface area contributed by atoms with E-state index in [0.29, 0.717) is 41.3 Å². The highest BCUT2D eigenvalue weighted by Crippen LogP contribution is 2.70. The summed E-state index contributed by atoms with van der Waals surface area (Å²) in [6.07, 6.45) is 7.36. The molecule has 2 N–H and O–H groups in total. The molecule has 1 spiro atoms. The molecule has 0 radical (unpaired) electrons. The molecule has 2 atom stereocenters. The van der Waals surface area contributed by atoms with E-state index in [2.05, 4.69) is 15.3 Å². The predicted molar refractivity (Wildman–Crippen MR) is 125 cm³/mol. The van der Waals surface area contributed by atoms with Crippen molar-refractivity contribution < 1.29 is 19.1 Å². The molecule has 34 heavy (non-hydrogen) atoms. The normalized spacial score (nSPS) is 24.7. The van der Waals surface area contributed by atoms with E-state index in [1.807, 2.05) is 31.2 Å². The van der Waals surface area contributed by atoms with Crippen LogP contribution in [0.15, 0.2) is 41.1 Å². The summed E-state index contributed by atoms with van der Waals surface area (Å²) in [5.74, 6) is 1.13. The summed E-state index contributed by atoms with van der Waals surface area (Å²) in [6, 6.07) is 7.42. The van der Waals surface area contributed by atoms with Crippen LogP contribution in [-0.2, 0) is 15.1 Å². The summed E-state index contributed by atoms with van der Waals surface area (Å²) in [7, 11) is 0. The Labute approximate surface area is 195 Å². The van der Waals surface area contributed by atoms with E-state index in [1.165, 1.54) is 0 Å². The summed E-state index contributed by atoms with van der Waals surface area (Å²) in [4.78, 5) is 26.3. The van der Waals surface area contributed by atoms with Crippen LogP contribution in [0.1, 0.15) is 36.9 Å². The van der Waals surface area contributed by atoms with Gasteiger partial charge in [-0.2, -0.15) is 0 Å². The van der Waals surface area contributed by atoms with Gasteiger partial charge in [0.1, 0.15) is 16.9 Å². The third-order valence-corrected chi connectivity index (χ3v) is 7.78.